The number of nitrogens with one attached hydrogen (secondary N) is 1. The summed E-state index contributed by atoms with van der Waals surface area (Å²) in [5, 5.41) is 23.4. The topological polar surface area (TPSA) is 88.0 Å². The summed E-state index contributed by atoms with van der Waals surface area (Å²) in [6.07, 6.45) is 5.38. The number of ether oxygens (including phenoxy) is 2. The first-order chi connectivity index (χ1) is 15.8. The molecule has 2 aromatic rings. The maximum atomic E-state index is 12.5. The molecule has 2 aromatic carbocycles. The lowest BCUT2D eigenvalue weighted by Crippen LogP contribution is -2.14. The van der Waals surface area contributed by atoms with Gasteiger partial charge in [0, 0.05) is 18.5 Å². The summed E-state index contributed by atoms with van der Waals surface area (Å²) in [5.41, 5.74) is 2.80. The Kier molecular flexibility index (Phi) is 10.3. The summed E-state index contributed by atoms with van der Waals surface area (Å²) in [7, 11) is 3.06. The fraction of sp³-hybridized carbons (Fsp3) is 0.444. The number of hydrogen-bond acceptors (Lipinski definition) is 6. The Morgan fingerprint density at radius 1 is 1.06 bits per heavy atom. The Hall–Kier alpha value is -2.99. The lowest BCUT2D eigenvalue weighted by molar-refractivity contribution is -0.114. The monoisotopic (exact) mass is 455 g/mol. The van der Waals surface area contributed by atoms with Gasteiger partial charge in [-0.3, -0.25) is 4.79 Å². The van der Waals surface area contributed by atoms with Gasteiger partial charge in [0.25, 0.3) is 0 Å². The Morgan fingerprint density at radius 3 is 2.39 bits per heavy atom. The van der Waals surface area contributed by atoms with Gasteiger partial charge < -0.3 is 25.0 Å². The molecule has 1 atom stereocenters. The summed E-state index contributed by atoms with van der Waals surface area (Å²) in [6.45, 7) is 7.67. The van der Waals surface area contributed by atoms with Gasteiger partial charge in [-0.05, 0) is 66.6 Å². The number of aromatic hydroxyl groups is 2. The predicted octanol–water partition coefficient (Wildman–Crippen LogP) is 4.80. The second-order valence-corrected chi connectivity index (χ2v) is 8.53. The minimum absolute atomic E-state index is 0.0591. The number of carbonyl (C=O) groups is 1. The highest BCUT2D eigenvalue weighted by Crippen LogP contribution is 2.33. The molecule has 0 aliphatic rings. The Balaban J connectivity index is 2.07. The van der Waals surface area contributed by atoms with Crippen molar-refractivity contribution in [3.63, 3.8) is 0 Å². The van der Waals surface area contributed by atoms with Crippen LogP contribution >= 0.6 is 0 Å². The van der Waals surface area contributed by atoms with Gasteiger partial charge in [0.15, 0.2) is 28.8 Å². The van der Waals surface area contributed by atoms with Crippen molar-refractivity contribution in [2.24, 2.45) is 11.8 Å². The van der Waals surface area contributed by atoms with Crippen molar-refractivity contribution in [1.82, 2.24) is 5.32 Å². The molecule has 3 N–H and O–H groups in total. The SMILES string of the molecule is CCNCc1cc(C[C@H](/C=C/C(=O)CCc2ccc(O)c(OC)c2)C(C)C)cc(OC)c1O. The molecule has 0 aromatic heterocycles. The number of allylic oxidation sites excluding steroid dienone is 2. The Morgan fingerprint density at radius 2 is 1.76 bits per heavy atom. The molecule has 0 aliphatic heterocycles. The van der Waals surface area contributed by atoms with Crippen molar-refractivity contribution < 1.29 is 24.5 Å². The minimum atomic E-state index is 0.0591. The summed E-state index contributed by atoms with van der Waals surface area (Å²) in [5.74, 6) is 1.70. The van der Waals surface area contributed by atoms with Crippen LogP contribution in [0.4, 0.5) is 0 Å². The van der Waals surface area contributed by atoms with Crippen molar-refractivity contribution >= 4 is 5.78 Å². The molecule has 6 heteroatoms. The average Bonchev–Trinajstić information content (AvgIpc) is 2.80. The molecule has 33 heavy (non-hydrogen) atoms. The average molecular weight is 456 g/mol. The number of carbonyl (C=O) groups excluding carboxylic acids is 1. The maximum absolute atomic E-state index is 12.5. The van der Waals surface area contributed by atoms with E-state index in [2.05, 4.69) is 19.2 Å². The van der Waals surface area contributed by atoms with Gasteiger partial charge in [-0.15, -0.1) is 0 Å². The van der Waals surface area contributed by atoms with Crippen LogP contribution in [-0.2, 0) is 24.2 Å². The third-order valence-electron chi connectivity index (χ3n) is 5.76. The van der Waals surface area contributed by atoms with E-state index < -0.39 is 0 Å². The standard InChI is InChI=1S/C27H37NO5/c1-6-28-17-22-14-20(16-26(33-5)27(22)31)13-21(18(2)3)9-11-23(29)10-7-19-8-12-24(30)25(15-19)32-4/h8-9,11-12,14-16,18,21,28,30-31H,6-7,10,13,17H2,1-5H3/b11-9+/t21-/m0/s1. The summed E-state index contributed by atoms with van der Waals surface area (Å²) in [6, 6.07) is 9.01. The first kappa shape index (κ1) is 26.3. The van der Waals surface area contributed by atoms with E-state index in [1.165, 1.54) is 7.11 Å². The molecule has 0 saturated heterocycles. The Labute approximate surface area is 197 Å². The molecule has 0 saturated carbocycles. The van der Waals surface area contributed by atoms with E-state index in [1.807, 2.05) is 25.1 Å². The van der Waals surface area contributed by atoms with Gasteiger partial charge in [0.05, 0.1) is 14.2 Å². The van der Waals surface area contributed by atoms with Crippen molar-refractivity contribution in [3.8, 4) is 23.0 Å². The van der Waals surface area contributed by atoms with Gasteiger partial charge in [-0.2, -0.15) is 0 Å². The Bertz CT molecular complexity index is 952. The maximum Gasteiger partial charge on any atom is 0.162 e. The molecule has 2 rings (SSSR count). The molecule has 0 heterocycles. The fourth-order valence-electron chi connectivity index (χ4n) is 3.65. The highest BCUT2D eigenvalue weighted by Gasteiger charge is 2.16. The van der Waals surface area contributed by atoms with Crippen molar-refractivity contribution in [2.45, 2.75) is 46.6 Å². The van der Waals surface area contributed by atoms with E-state index in [1.54, 1.807) is 31.4 Å². The molecule has 0 fully saturated rings. The second kappa shape index (κ2) is 12.9. The molecular formula is C27H37NO5. The molecule has 0 radical (unpaired) electrons. The lowest BCUT2D eigenvalue weighted by atomic mass is 9.87. The zero-order valence-electron chi connectivity index (χ0n) is 20.4. The zero-order valence-corrected chi connectivity index (χ0v) is 20.4. The van der Waals surface area contributed by atoms with Gasteiger partial charge >= 0.3 is 0 Å². The van der Waals surface area contributed by atoms with Crippen LogP contribution in [0.25, 0.3) is 0 Å². The molecule has 0 aliphatic carbocycles. The molecule has 6 nitrogen and oxygen atoms in total. The predicted molar refractivity (Wildman–Crippen MR) is 131 cm³/mol. The number of hydrogen-bond donors (Lipinski definition) is 3. The van der Waals surface area contributed by atoms with Crippen LogP contribution in [-0.4, -0.2) is 36.8 Å². The largest absolute Gasteiger partial charge is 0.504 e. The molecule has 180 valence electrons. The number of aryl methyl sites for hydroxylation is 1. The first-order valence-electron chi connectivity index (χ1n) is 11.4. The molecule has 0 unspecified atom stereocenters. The normalized spacial score (nSPS) is 12.3. The summed E-state index contributed by atoms with van der Waals surface area (Å²) >= 11 is 0. The van der Waals surface area contributed by atoms with Gasteiger partial charge in [-0.1, -0.05) is 39.0 Å². The summed E-state index contributed by atoms with van der Waals surface area (Å²) in [4.78, 5) is 12.5. The number of phenols is 2. The van der Waals surface area contributed by atoms with E-state index in [0.29, 0.717) is 36.8 Å². The van der Waals surface area contributed by atoms with Crippen molar-refractivity contribution in [2.75, 3.05) is 20.8 Å². The zero-order chi connectivity index (χ0) is 24.4. The van der Waals surface area contributed by atoms with E-state index in [0.717, 1.165) is 29.7 Å². The number of rotatable bonds is 13. The number of methoxy groups -OCH3 is 2. The molecule has 0 bridgehead atoms. The quantitative estimate of drug-likeness (QED) is 0.376. The van der Waals surface area contributed by atoms with Crippen LogP contribution in [0.2, 0.25) is 0 Å². The van der Waals surface area contributed by atoms with Gasteiger partial charge in [-0.25, -0.2) is 0 Å². The molecule has 0 spiro atoms. The van der Waals surface area contributed by atoms with E-state index >= 15 is 0 Å². The lowest BCUT2D eigenvalue weighted by Gasteiger charge is -2.19. The van der Waals surface area contributed by atoms with Gasteiger partial charge in [0.2, 0.25) is 0 Å². The number of ketones is 1. The highest BCUT2D eigenvalue weighted by atomic mass is 16.5. The first-order valence-corrected chi connectivity index (χ1v) is 11.4. The number of benzene rings is 2. The van der Waals surface area contributed by atoms with E-state index in [4.69, 9.17) is 9.47 Å². The minimum Gasteiger partial charge on any atom is -0.504 e. The smallest absolute Gasteiger partial charge is 0.162 e. The van der Waals surface area contributed by atoms with Crippen LogP contribution in [0.1, 0.15) is 43.9 Å². The van der Waals surface area contributed by atoms with E-state index in [-0.39, 0.29) is 23.2 Å². The van der Waals surface area contributed by atoms with Gasteiger partial charge in [0.1, 0.15) is 0 Å². The van der Waals surface area contributed by atoms with Crippen LogP contribution in [0, 0.1) is 11.8 Å². The van der Waals surface area contributed by atoms with Crippen LogP contribution in [0.5, 0.6) is 23.0 Å². The summed E-state index contributed by atoms with van der Waals surface area (Å²) < 4.78 is 10.5. The number of phenolic OH excluding ortho intramolecular Hbond substituents is 2. The van der Waals surface area contributed by atoms with Crippen molar-refractivity contribution in [1.29, 1.82) is 0 Å². The highest BCUT2D eigenvalue weighted by molar-refractivity contribution is 5.89. The molecular weight excluding hydrogens is 418 g/mol. The van der Waals surface area contributed by atoms with Crippen LogP contribution < -0.4 is 14.8 Å². The third-order valence-corrected chi connectivity index (χ3v) is 5.76. The van der Waals surface area contributed by atoms with Crippen LogP contribution in [0.15, 0.2) is 42.5 Å². The second-order valence-electron chi connectivity index (χ2n) is 8.53. The fourth-order valence-corrected chi connectivity index (χ4v) is 3.65. The van der Waals surface area contributed by atoms with Crippen LogP contribution in [0.3, 0.4) is 0 Å². The third kappa shape index (κ3) is 7.82. The van der Waals surface area contributed by atoms with E-state index in [9.17, 15) is 15.0 Å². The molecule has 0 amide bonds. The van der Waals surface area contributed by atoms with Crippen molar-refractivity contribution in [3.05, 3.63) is 59.2 Å².